The highest BCUT2D eigenvalue weighted by molar-refractivity contribution is 7.91. The van der Waals surface area contributed by atoms with E-state index >= 15 is 0 Å². The number of nitrogens with zero attached hydrogens (tertiary/aromatic N) is 1. The molecule has 0 bridgehead atoms. The Morgan fingerprint density at radius 1 is 1.10 bits per heavy atom. The third-order valence-corrected chi connectivity index (χ3v) is 6.16. The van der Waals surface area contributed by atoms with Crippen LogP contribution in [-0.4, -0.2) is 47.0 Å². The highest BCUT2D eigenvalue weighted by Crippen LogP contribution is 2.42. The van der Waals surface area contributed by atoms with E-state index in [1.165, 1.54) is 6.07 Å². The van der Waals surface area contributed by atoms with Crippen LogP contribution in [-0.2, 0) is 9.84 Å². The van der Waals surface area contributed by atoms with E-state index < -0.39 is 21.9 Å². The minimum atomic E-state index is -4.56. The standard InChI is InChI=1S/C20H24F3N3O2S/c1-14(20(21,22)23)17-12-16(26-10-8-24-9-11-26)13-18(19(17)29(2,27)28)25-15-6-4-3-5-7-15/h3-7,12-14,24-25H,8-11H2,1-2H3. The molecular formula is C20H24F3N3O2S. The molecule has 1 heterocycles. The molecule has 1 fully saturated rings. The lowest BCUT2D eigenvalue weighted by atomic mass is 9.98. The Balaban J connectivity index is 2.22. The zero-order valence-corrected chi connectivity index (χ0v) is 17.1. The number of alkyl halides is 3. The van der Waals surface area contributed by atoms with Gasteiger partial charge in [0.15, 0.2) is 9.84 Å². The Morgan fingerprint density at radius 2 is 1.72 bits per heavy atom. The molecule has 0 spiro atoms. The number of para-hydroxylation sites is 1. The van der Waals surface area contributed by atoms with Crippen molar-refractivity contribution in [3.63, 3.8) is 0 Å². The second-order valence-corrected chi connectivity index (χ2v) is 9.13. The van der Waals surface area contributed by atoms with Crippen LogP contribution in [0.15, 0.2) is 47.4 Å². The Bertz CT molecular complexity index is 957. The molecule has 9 heteroatoms. The summed E-state index contributed by atoms with van der Waals surface area (Å²) in [7, 11) is -3.93. The Morgan fingerprint density at radius 3 is 2.28 bits per heavy atom. The smallest absolute Gasteiger partial charge is 0.369 e. The number of benzene rings is 2. The van der Waals surface area contributed by atoms with Gasteiger partial charge in [-0.15, -0.1) is 0 Å². The average Bonchev–Trinajstić information content (AvgIpc) is 2.66. The predicted octanol–water partition coefficient (Wildman–Crippen LogP) is 3.91. The molecular weight excluding hydrogens is 403 g/mol. The van der Waals surface area contributed by atoms with Crippen LogP contribution in [0.4, 0.5) is 30.2 Å². The number of halogens is 3. The van der Waals surface area contributed by atoms with Crippen molar-refractivity contribution in [3.05, 3.63) is 48.0 Å². The van der Waals surface area contributed by atoms with Crippen molar-refractivity contribution in [1.82, 2.24) is 5.32 Å². The molecule has 1 aliphatic heterocycles. The lowest BCUT2D eigenvalue weighted by molar-refractivity contribution is -0.146. The Hall–Kier alpha value is -2.26. The van der Waals surface area contributed by atoms with Crippen molar-refractivity contribution >= 4 is 26.9 Å². The molecule has 0 aliphatic carbocycles. The van der Waals surface area contributed by atoms with Gasteiger partial charge in [0.2, 0.25) is 0 Å². The van der Waals surface area contributed by atoms with Crippen molar-refractivity contribution in [2.75, 3.05) is 42.7 Å². The summed E-state index contributed by atoms with van der Waals surface area (Å²) in [4.78, 5) is 1.65. The molecule has 158 valence electrons. The van der Waals surface area contributed by atoms with Crippen LogP contribution in [0.1, 0.15) is 18.4 Å². The minimum Gasteiger partial charge on any atom is -0.369 e. The quantitative estimate of drug-likeness (QED) is 0.758. The number of hydrogen-bond acceptors (Lipinski definition) is 5. The summed E-state index contributed by atoms with van der Waals surface area (Å²) in [6, 6.07) is 11.8. The molecule has 0 saturated carbocycles. The van der Waals surface area contributed by atoms with Crippen molar-refractivity contribution in [2.45, 2.75) is 23.9 Å². The summed E-state index contributed by atoms with van der Waals surface area (Å²) in [5, 5.41) is 6.22. The number of anilines is 3. The van der Waals surface area contributed by atoms with E-state index in [1.54, 1.807) is 36.4 Å². The fourth-order valence-corrected chi connectivity index (χ4v) is 4.60. The van der Waals surface area contributed by atoms with Crippen LogP contribution in [0.5, 0.6) is 0 Å². The van der Waals surface area contributed by atoms with Crippen LogP contribution in [0.3, 0.4) is 0 Å². The van der Waals surface area contributed by atoms with Crippen molar-refractivity contribution in [2.24, 2.45) is 0 Å². The summed E-state index contributed by atoms with van der Waals surface area (Å²) in [6.07, 6.45) is -3.62. The Labute approximate surface area is 168 Å². The normalized spacial score (nSPS) is 16.5. The van der Waals surface area contributed by atoms with E-state index in [0.717, 1.165) is 13.2 Å². The molecule has 2 aromatic carbocycles. The monoisotopic (exact) mass is 427 g/mol. The second-order valence-electron chi connectivity index (χ2n) is 7.18. The average molecular weight is 427 g/mol. The molecule has 0 aromatic heterocycles. The summed E-state index contributed by atoms with van der Waals surface area (Å²) in [5.41, 5.74) is 1.08. The maximum absolute atomic E-state index is 13.6. The largest absolute Gasteiger partial charge is 0.395 e. The highest BCUT2D eigenvalue weighted by atomic mass is 32.2. The minimum absolute atomic E-state index is 0.154. The van der Waals surface area contributed by atoms with Gasteiger partial charge in [-0.1, -0.05) is 18.2 Å². The topological polar surface area (TPSA) is 61.4 Å². The van der Waals surface area contributed by atoms with Crippen LogP contribution in [0.25, 0.3) is 0 Å². The molecule has 0 amide bonds. The molecule has 1 aliphatic rings. The Kier molecular flexibility index (Phi) is 6.09. The van der Waals surface area contributed by atoms with Gasteiger partial charge in [-0.05, 0) is 36.8 Å². The lowest BCUT2D eigenvalue weighted by Gasteiger charge is -2.32. The molecule has 29 heavy (non-hydrogen) atoms. The van der Waals surface area contributed by atoms with Gasteiger partial charge < -0.3 is 15.5 Å². The van der Waals surface area contributed by atoms with Crippen LogP contribution < -0.4 is 15.5 Å². The fourth-order valence-electron chi connectivity index (χ4n) is 3.42. The molecule has 3 rings (SSSR count). The van der Waals surface area contributed by atoms with E-state index in [2.05, 4.69) is 10.6 Å². The predicted molar refractivity (Wildman–Crippen MR) is 109 cm³/mol. The molecule has 1 atom stereocenters. The van der Waals surface area contributed by atoms with Gasteiger partial charge in [0.25, 0.3) is 0 Å². The third-order valence-electron chi connectivity index (χ3n) is 4.97. The van der Waals surface area contributed by atoms with Gasteiger partial charge in [0, 0.05) is 43.8 Å². The van der Waals surface area contributed by atoms with Crippen LogP contribution in [0.2, 0.25) is 0 Å². The second kappa shape index (κ2) is 8.23. The number of hydrogen-bond donors (Lipinski definition) is 2. The van der Waals surface area contributed by atoms with Crippen molar-refractivity contribution in [1.29, 1.82) is 0 Å². The van der Waals surface area contributed by atoms with Crippen molar-refractivity contribution < 1.29 is 21.6 Å². The number of piperazine rings is 1. The van der Waals surface area contributed by atoms with Gasteiger partial charge >= 0.3 is 6.18 Å². The maximum Gasteiger partial charge on any atom is 0.395 e. The van der Waals surface area contributed by atoms with Gasteiger partial charge in [-0.2, -0.15) is 13.2 Å². The molecule has 1 saturated heterocycles. The summed E-state index contributed by atoms with van der Waals surface area (Å²) < 4.78 is 65.9. The van der Waals surface area contributed by atoms with Crippen molar-refractivity contribution in [3.8, 4) is 0 Å². The van der Waals surface area contributed by atoms with Crippen LogP contribution in [0, 0.1) is 0 Å². The van der Waals surface area contributed by atoms with E-state index in [-0.39, 0.29) is 16.1 Å². The highest BCUT2D eigenvalue weighted by Gasteiger charge is 2.40. The first kappa shape index (κ1) is 21.4. The van der Waals surface area contributed by atoms with E-state index in [0.29, 0.717) is 37.6 Å². The van der Waals surface area contributed by atoms with E-state index in [9.17, 15) is 21.6 Å². The zero-order chi connectivity index (χ0) is 21.2. The SMILES string of the molecule is CC(c1cc(N2CCNCC2)cc(Nc2ccccc2)c1S(C)(=O)=O)C(F)(F)F. The first-order valence-electron chi connectivity index (χ1n) is 9.30. The fraction of sp³-hybridized carbons (Fsp3) is 0.400. The van der Waals surface area contributed by atoms with Gasteiger partial charge in [-0.3, -0.25) is 0 Å². The third kappa shape index (κ3) is 5.02. The summed E-state index contributed by atoms with van der Waals surface area (Å²) in [5.74, 6) is -1.92. The molecule has 1 unspecified atom stereocenters. The van der Waals surface area contributed by atoms with Crippen LogP contribution >= 0.6 is 0 Å². The number of nitrogens with one attached hydrogen (secondary N) is 2. The summed E-state index contributed by atoms with van der Waals surface area (Å²) >= 11 is 0. The number of rotatable bonds is 5. The number of sulfone groups is 1. The molecule has 2 aromatic rings. The maximum atomic E-state index is 13.6. The first-order valence-corrected chi connectivity index (χ1v) is 11.2. The van der Waals surface area contributed by atoms with Gasteiger partial charge in [0.05, 0.1) is 16.5 Å². The van der Waals surface area contributed by atoms with Gasteiger partial charge in [0.1, 0.15) is 0 Å². The molecule has 0 radical (unpaired) electrons. The zero-order valence-electron chi connectivity index (χ0n) is 16.3. The van der Waals surface area contributed by atoms with E-state index in [1.807, 2.05) is 4.90 Å². The molecule has 5 nitrogen and oxygen atoms in total. The summed E-state index contributed by atoms with van der Waals surface area (Å²) in [6.45, 7) is 3.67. The van der Waals surface area contributed by atoms with Gasteiger partial charge in [-0.25, -0.2) is 8.42 Å². The first-order chi connectivity index (χ1) is 13.6. The van der Waals surface area contributed by atoms with E-state index in [4.69, 9.17) is 0 Å². The molecule has 2 N–H and O–H groups in total. The lowest BCUT2D eigenvalue weighted by Crippen LogP contribution is -2.43.